The van der Waals surface area contributed by atoms with Crippen LogP contribution in [-0.4, -0.2) is 49.4 Å². The Morgan fingerprint density at radius 1 is 1.16 bits per heavy atom. The summed E-state index contributed by atoms with van der Waals surface area (Å²) in [6.07, 6.45) is 0.591. The topological polar surface area (TPSA) is 75.9 Å². The Balaban J connectivity index is 1.54. The van der Waals surface area contributed by atoms with Crippen LogP contribution in [0.3, 0.4) is 0 Å². The predicted molar refractivity (Wildman–Crippen MR) is 108 cm³/mol. The fraction of sp³-hybridized carbons (Fsp3) is 0.333. The molecule has 32 heavy (non-hydrogen) atoms. The van der Waals surface area contributed by atoms with Crippen LogP contribution >= 0.6 is 0 Å². The summed E-state index contributed by atoms with van der Waals surface area (Å²) >= 11 is 0. The van der Waals surface area contributed by atoms with Crippen LogP contribution in [0.15, 0.2) is 48.9 Å². The number of piperidine rings is 1. The van der Waals surface area contributed by atoms with Crippen molar-refractivity contribution in [3.63, 3.8) is 0 Å². The molecule has 0 aliphatic carbocycles. The molecule has 1 amide bonds. The zero-order valence-corrected chi connectivity index (χ0v) is 17.1. The molecule has 1 saturated heterocycles. The molecule has 0 bridgehead atoms. The predicted octanol–water partition coefficient (Wildman–Crippen LogP) is 3.93. The van der Waals surface area contributed by atoms with Crippen LogP contribution in [0.5, 0.6) is 0 Å². The summed E-state index contributed by atoms with van der Waals surface area (Å²) in [6.45, 7) is 2.30. The minimum Gasteiger partial charge on any atom is -0.365 e. The number of alkyl halides is 3. The first-order chi connectivity index (χ1) is 15.2. The molecular weight excluding hydrogens is 428 g/mol. The van der Waals surface area contributed by atoms with Gasteiger partial charge >= 0.3 is 6.18 Å². The second-order valence-electron chi connectivity index (χ2n) is 7.54. The zero-order chi connectivity index (χ0) is 22.9. The fourth-order valence-corrected chi connectivity index (χ4v) is 3.81. The Bertz CT molecular complexity index is 1080. The van der Waals surface area contributed by atoms with Gasteiger partial charge in [0.25, 0.3) is 5.91 Å². The van der Waals surface area contributed by atoms with Crippen molar-refractivity contribution in [3.8, 4) is 5.69 Å². The molecule has 0 unspecified atom stereocenters. The Hall–Kier alpha value is -3.50. The second-order valence-corrected chi connectivity index (χ2v) is 7.54. The minimum absolute atomic E-state index is 0.126. The van der Waals surface area contributed by atoms with Crippen LogP contribution in [0.25, 0.3) is 5.69 Å². The minimum atomic E-state index is -4.46. The maximum absolute atomic E-state index is 14.0. The number of hydrogen-bond donors (Lipinski definition) is 1. The molecule has 1 N–H and O–H groups in total. The molecule has 1 fully saturated rings. The maximum Gasteiger partial charge on any atom is 0.417 e. The SMILES string of the molecule is C[C@@H]1[C@@H](Nc2ccc(C(F)(F)F)cn2)CCCN1C(=O)c1cc(F)ccc1-n1nccn1. The van der Waals surface area contributed by atoms with E-state index in [1.807, 2.05) is 6.92 Å². The van der Waals surface area contributed by atoms with E-state index >= 15 is 0 Å². The number of pyridine rings is 1. The number of hydrogen-bond acceptors (Lipinski definition) is 5. The van der Waals surface area contributed by atoms with Crippen LogP contribution in [0.1, 0.15) is 35.7 Å². The van der Waals surface area contributed by atoms with Gasteiger partial charge in [-0.05, 0) is 50.1 Å². The molecule has 2 atom stereocenters. The quantitative estimate of drug-likeness (QED) is 0.613. The Morgan fingerprint density at radius 3 is 2.56 bits per heavy atom. The molecule has 2 aromatic heterocycles. The van der Waals surface area contributed by atoms with Gasteiger partial charge in [-0.15, -0.1) is 0 Å². The molecule has 0 saturated carbocycles. The highest BCUT2D eigenvalue weighted by Gasteiger charge is 2.34. The lowest BCUT2D eigenvalue weighted by atomic mass is 9.96. The lowest BCUT2D eigenvalue weighted by molar-refractivity contribution is -0.137. The number of anilines is 1. The number of halogens is 4. The molecule has 4 rings (SSSR count). The summed E-state index contributed by atoms with van der Waals surface area (Å²) < 4.78 is 52.3. The molecule has 0 radical (unpaired) electrons. The van der Waals surface area contributed by atoms with E-state index in [9.17, 15) is 22.4 Å². The van der Waals surface area contributed by atoms with Gasteiger partial charge in [0, 0.05) is 24.8 Å². The highest BCUT2D eigenvalue weighted by Crippen LogP contribution is 2.30. The van der Waals surface area contributed by atoms with E-state index in [0.29, 0.717) is 25.1 Å². The van der Waals surface area contributed by atoms with E-state index in [1.54, 1.807) is 4.90 Å². The average molecular weight is 448 g/mol. The average Bonchev–Trinajstić information content (AvgIpc) is 3.29. The largest absolute Gasteiger partial charge is 0.417 e. The van der Waals surface area contributed by atoms with Crippen molar-refractivity contribution in [1.29, 1.82) is 0 Å². The van der Waals surface area contributed by atoms with Crippen LogP contribution in [0.4, 0.5) is 23.4 Å². The Morgan fingerprint density at radius 2 is 1.91 bits per heavy atom. The summed E-state index contributed by atoms with van der Waals surface area (Å²) in [5, 5.41) is 11.2. The van der Waals surface area contributed by atoms with E-state index in [2.05, 4.69) is 20.5 Å². The molecule has 3 heterocycles. The molecule has 1 aliphatic rings. The summed E-state index contributed by atoms with van der Waals surface area (Å²) in [6, 6.07) is 5.50. The van der Waals surface area contributed by atoms with Crippen LogP contribution in [0.2, 0.25) is 0 Å². The first-order valence-electron chi connectivity index (χ1n) is 10.0. The highest BCUT2D eigenvalue weighted by molar-refractivity contribution is 5.98. The first-order valence-corrected chi connectivity index (χ1v) is 10.0. The number of carbonyl (C=O) groups is 1. The van der Waals surface area contributed by atoms with Gasteiger partial charge in [0.05, 0.1) is 29.2 Å². The lowest BCUT2D eigenvalue weighted by Crippen LogP contribution is -2.52. The van der Waals surface area contributed by atoms with E-state index in [4.69, 9.17) is 0 Å². The molecule has 1 aliphatic heterocycles. The van der Waals surface area contributed by atoms with Gasteiger partial charge in [-0.1, -0.05) is 0 Å². The third-order valence-corrected chi connectivity index (χ3v) is 5.50. The molecule has 7 nitrogen and oxygen atoms in total. The van der Waals surface area contributed by atoms with Crippen molar-refractivity contribution in [2.45, 2.75) is 38.0 Å². The second kappa shape index (κ2) is 8.56. The van der Waals surface area contributed by atoms with Crippen molar-refractivity contribution >= 4 is 11.7 Å². The maximum atomic E-state index is 14.0. The van der Waals surface area contributed by atoms with Crippen molar-refractivity contribution in [2.24, 2.45) is 0 Å². The van der Waals surface area contributed by atoms with Crippen LogP contribution < -0.4 is 5.32 Å². The number of aromatic nitrogens is 4. The molecule has 0 spiro atoms. The lowest BCUT2D eigenvalue weighted by Gasteiger charge is -2.40. The monoisotopic (exact) mass is 448 g/mol. The van der Waals surface area contributed by atoms with Crippen LogP contribution in [-0.2, 0) is 6.18 Å². The van der Waals surface area contributed by atoms with Crippen molar-refractivity contribution < 1.29 is 22.4 Å². The highest BCUT2D eigenvalue weighted by atomic mass is 19.4. The van der Waals surface area contributed by atoms with Crippen molar-refractivity contribution in [3.05, 3.63) is 65.9 Å². The summed E-state index contributed by atoms with van der Waals surface area (Å²) in [5.41, 5.74) is -0.350. The number of carbonyl (C=O) groups excluding carboxylic acids is 1. The van der Waals surface area contributed by atoms with Gasteiger partial charge in [-0.2, -0.15) is 28.2 Å². The molecule has 168 valence electrons. The number of amides is 1. The Kier molecular flexibility index (Phi) is 5.81. The van der Waals surface area contributed by atoms with Gasteiger partial charge in [0.2, 0.25) is 0 Å². The van der Waals surface area contributed by atoms with Gasteiger partial charge in [-0.25, -0.2) is 9.37 Å². The Labute approximate surface area is 181 Å². The van der Waals surface area contributed by atoms with E-state index in [1.165, 1.54) is 35.4 Å². The van der Waals surface area contributed by atoms with Crippen molar-refractivity contribution in [1.82, 2.24) is 24.9 Å². The van der Waals surface area contributed by atoms with Gasteiger partial charge in [-0.3, -0.25) is 4.79 Å². The number of rotatable bonds is 4. The van der Waals surface area contributed by atoms with E-state index < -0.39 is 17.6 Å². The first kappa shape index (κ1) is 21.7. The fourth-order valence-electron chi connectivity index (χ4n) is 3.81. The standard InChI is InChI=1S/C21H20F4N6O/c1-13-17(29-19-7-4-14(12-26-19)21(23,24)25)3-2-10-30(13)20(32)16-11-15(22)5-6-18(16)31-27-8-9-28-31/h4-9,11-13,17H,2-3,10H2,1H3,(H,26,29)/t13-,17+/m1/s1. The summed E-state index contributed by atoms with van der Waals surface area (Å²) in [5.74, 6) is -0.648. The molecule has 1 aromatic carbocycles. The zero-order valence-electron chi connectivity index (χ0n) is 17.1. The van der Waals surface area contributed by atoms with Gasteiger partial charge in [0.15, 0.2) is 0 Å². The van der Waals surface area contributed by atoms with Crippen LogP contribution in [0, 0.1) is 5.82 Å². The van der Waals surface area contributed by atoms with Gasteiger partial charge in [0.1, 0.15) is 11.6 Å². The normalized spacial score (nSPS) is 19.1. The number of likely N-dealkylation sites (tertiary alicyclic amines) is 1. The summed E-state index contributed by atoms with van der Waals surface area (Å²) in [4.78, 5) is 20.1. The smallest absolute Gasteiger partial charge is 0.365 e. The number of nitrogens with one attached hydrogen (secondary N) is 1. The van der Waals surface area contributed by atoms with E-state index in [0.717, 1.165) is 18.3 Å². The van der Waals surface area contributed by atoms with Crippen molar-refractivity contribution in [2.75, 3.05) is 11.9 Å². The third-order valence-electron chi connectivity index (χ3n) is 5.50. The number of nitrogens with zero attached hydrogens (tertiary/aromatic N) is 5. The third kappa shape index (κ3) is 4.41. The molecule has 3 aromatic rings. The van der Waals surface area contributed by atoms with E-state index in [-0.39, 0.29) is 29.4 Å². The molecule has 11 heteroatoms. The molecular formula is C21H20F4N6O. The number of benzene rings is 1. The summed E-state index contributed by atoms with van der Waals surface area (Å²) in [7, 11) is 0. The van der Waals surface area contributed by atoms with Gasteiger partial charge < -0.3 is 10.2 Å².